The van der Waals surface area contributed by atoms with Gasteiger partial charge in [-0.3, -0.25) is 0 Å². The highest BCUT2D eigenvalue weighted by Gasteiger charge is 2.24. The molecule has 86 valence electrons. The summed E-state index contributed by atoms with van der Waals surface area (Å²) < 4.78 is 0. The van der Waals surface area contributed by atoms with Crippen LogP contribution < -0.4 is 0 Å². The fourth-order valence-corrected chi connectivity index (χ4v) is 1.42. The van der Waals surface area contributed by atoms with Gasteiger partial charge in [-0.1, -0.05) is 27.2 Å². The lowest BCUT2D eigenvalue weighted by molar-refractivity contribution is 0.0361. The number of unbranched alkanes of at least 4 members (excludes halogenated alkanes) is 1. The standard InChI is InChI=1S/C11H25NO2/c1-4-6-7-12(5-2)8-11(3,9-13)10-14/h13-14H,4-10H2,1-3H3. The Morgan fingerprint density at radius 1 is 1.14 bits per heavy atom. The highest BCUT2D eigenvalue weighted by Crippen LogP contribution is 2.16. The second-order valence-corrected chi connectivity index (χ2v) is 4.35. The molecule has 0 amide bonds. The lowest BCUT2D eigenvalue weighted by atomic mass is 9.92. The van der Waals surface area contributed by atoms with Crippen molar-refractivity contribution in [1.29, 1.82) is 0 Å². The van der Waals surface area contributed by atoms with Crippen molar-refractivity contribution < 1.29 is 10.2 Å². The minimum Gasteiger partial charge on any atom is -0.396 e. The van der Waals surface area contributed by atoms with Crippen LogP contribution in [0.4, 0.5) is 0 Å². The molecule has 3 heteroatoms. The molecule has 0 aliphatic carbocycles. The quantitative estimate of drug-likeness (QED) is 0.621. The van der Waals surface area contributed by atoms with Crippen molar-refractivity contribution in [1.82, 2.24) is 4.90 Å². The molecule has 14 heavy (non-hydrogen) atoms. The van der Waals surface area contributed by atoms with Gasteiger partial charge in [0.25, 0.3) is 0 Å². The van der Waals surface area contributed by atoms with Crippen LogP contribution in [-0.2, 0) is 0 Å². The molecule has 0 rings (SSSR count). The van der Waals surface area contributed by atoms with E-state index in [1.807, 2.05) is 6.92 Å². The van der Waals surface area contributed by atoms with Crippen molar-refractivity contribution in [3.63, 3.8) is 0 Å². The maximum atomic E-state index is 9.17. The number of aliphatic hydroxyl groups excluding tert-OH is 2. The predicted octanol–water partition coefficient (Wildman–Crippen LogP) is 1.10. The average Bonchev–Trinajstić information content (AvgIpc) is 2.23. The Morgan fingerprint density at radius 3 is 2.07 bits per heavy atom. The third-order valence-corrected chi connectivity index (χ3v) is 2.64. The topological polar surface area (TPSA) is 43.7 Å². The summed E-state index contributed by atoms with van der Waals surface area (Å²) in [7, 11) is 0. The molecule has 0 unspecified atom stereocenters. The third kappa shape index (κ3) is 4.94. The lowest BCUT2D eigenvalue weighted by Gasteiger charge is -2.32. The first-order valence-electron chi connectivity index (χ1n) is 5.56. The largest absolute Gasteiger partial charge is 0.396 e. The Morgan fingerprint density at radius 2 is 1.71 bits per heavy atom. The van der Waals surface area contributed by atoms with Crippen molar-refractivity contribution in [2.45, 2.75) is 33.6 Å². The molecule has 0 atom stereocenters. The summed E-state index contributed by atoms with van der Waals surface area (Å²) >= 11 is 0. The van der Waals surface area contributed by atoms with E-state index in [1.165, 1.54) is 12.8 Å². The van der Waals surface area contributed by atoms with Gasteiger partial charge < -0.3 is 15.1 Å². The van der Waals surface area contributed by atoms with Gasteiger partial charge in [0.2, 0.25) is 0 Å². The van der Waals surface area contributed by atoms with E-state index in [0.29, 0.717) is 0 Å². The van der Waals surface area contributed by atoms with Crippen molar-refractivity contribution in [2.24, 2.45) is 5.41 Å². The molecule has 0 heterocycles. The summed E-state index contributed by atoms with van der Waals surface area (Å²) in [5.41, 5.74) is -0.357. The minimum absolute atomic E-state index is 0.0477. The first-order chi connectivity index (χ1) is 6.61. The van der Waals surface area contributed by atoms with Gasteiger partial charge in [0.15, 0.2) is 0 Å². The molecule has 0 radical (unpaired) electrons. The van der Waals surface area contributed by atoms with E-state index in [9.17, 15) is 0 Å². The fourth-order valence-electron chi connectivity index (χ4n) is 1.42. The molecule has 2 N–H and O–H groups in total. The average molecular weight is 203 g/mol. The summed E-state index contributed by atoms with van der Waals surface area (Å²) in [6, 6.07) is 0. The van der Waals surface area contributed by atoms with E-state index < -0.39 is 0 Å². The molecule has 0 aliphatic rings. The Labute approximate surface area is 87.7 Å². The van der Waals surface area contributed by atoms with Crippen LogP contribution in [0.25, 0.3) is 0 Å². The van der Waals surface area contributed by atoms with Crippen LogP contribution in [-0.4, -0.2) is 48.0 Å². The Balaban J connectivity index is 4.00. The molecule has 0 saturated carbocycles. The molecular formula is C11H25NO2. The molecule has 0 saturated heterocycles. The van der Waals surface area contributed by atoms with E-state index in [2.05, 4.69) is 18.7 Å². The van der Waals surface area contributed by atoms with E-state index in [-0.39, 0.29) is 18.6 Å². The van der Waals surface area contributed by atoms with Crippen LogP contribution in [0.15, 0.2) is 0 Å². The first-order valence-corrected chi connectivity index (χ1v) is 5.56. The van der Waals surface area contributed by atoms with Gasteiger partial charge >= 0.3 is 0 Å². The second kappa shape index (κ2) is 7.21. The second-order valence-electron chi connectivity index (χ2n) is 4.35. The van der Waals surface area contributed by atoms with E-state index in [0.717, 1.165) is 19.6 Å². The fraction of sp³-hybridized carbons (Fsp3) is 1.00. The number of rotatable bonds is 8. The molecule has 0 aliphatic heterocycles. The van der Waals surface area contributed by atoms with Crippen LogP contribution in [0.5, 0.6) is 0 Å². The molecule has 0 aromatic heterocycles. The third-order valence-electron chi connectivity index (χ3n) is 2.64. The van der Waals surface area contributed by atoms with Crippen LogP contribution in [0, 0.1) is 5.41 Å². The van der Waals surface area contributed by atoms with Gasteiger partial charge in [-0.2, -0.15) is 0 Å². The highest BCUT2D eigenvalue weighted by atomic mass is 16.3. The molecule has 0 spiro atoms. The smallest absolute Gasteiger partial charge is 0.0519 e. The van der Waals surface area contributed by atoms with Crippen molar-refractivity contribution >= 4 is 0 Å². The summed E-state index contributed by atoms with van der Waals surface area (Å²) in [5.74, 6) is 0. The molecule has 0 fully saturated rings. The van der Waals surface area contributed by atoms with Gasteiger partial charge in [-0.15, -0.1) is 0 Å². The first kappa shape index (κ1) is 13.9. The van der Waals surface area contributed by atoms with E-state index in [1.54, 1.807) is 0 Å². The molecule has 0 aromatic rings. The number of aliphatic hydroxyl groups is 2. The predicted molar refractivity (Wildman–Crippen MR) is 59.3 cm³/mol. The zero-order valence-electron chi connectivity index (χ0n) is 9.79. The number of hydrogen-bond acceptors (Lipinski definition) is 3. The molecular weight excluding hydrogens is 178 g/mol. The van der Waals surface area contributed by atoms with Crippen molar-refractivity contribution in [3.8, 4) is 0 Å². The highest BCUT2D eigenvalue weighted by molar-refractivity contribution is 4.76. The molecule has 0 aromatic carbocycles. The van der Waals surface area contributed by atoms with Gasteiger partial charge in [0, 0.05) is 12.0 Å². The zero-order valence-corrected chi connectivity index (χ0v) is 9.79. The Kier molecular flexibility index (Phi) is 7.15. The van der Waals surface area contributed by atoms with E-state index in [4.69, 9.17) is 10.2 Å². The summed E-state index contributed by atoms with van der Waals surface area (Å²) in [6.07, 6.45) is 2.37. The normalized spacial score (nSPS) is 12.4. The summed E-state index contributed by atoms with van der Waals surface area (Å²) in [6.45, 7) is 9.12. The molecule has 3 nitrogen and oxygen atoms in total. The zero-order chi connectivity index (χ0) is 11.0. The van der Waals surface area contributed by atoms with Crippen LogP contribution in [0.3, 0.4) is 0 Å². The SMILES string of the molecule is CCCCN(CC)CC(C)(CO)CO. The maximum absolute atomic E-state index is 9.17. The van der Waals surface area contributed by atoms with Crippen LogP contribution >= 0.6 is 0 Å². The van der Waals surface area contributed by atoms with Crippen molar-refractivity contribution in [3.05, 3.63) is 0 Å². The number of nitrogens with zero attached hydrogens (tertiary/aromatic N) is 1. The summed E-state index contributed by atoms with van der Waals surface area (Å²) in [5, 5.41) is 18.3. The minimum atomic E-state index is -0.357. The van der Waals surface area contributed by atoms with Crippen LogP contribution in [0.2, 0.25) is 0 Å². The monoisotopic (exact) mass is 203 g/mol. The van der Waals surface area contributed by atoms with E-state index >= 15 is 0 Å². The van der Waals surface area contributed by atoms with Crippen LogP contribution in [0.1, 0.15) is 33.6 Å². The Bertz CT molecular complexity index is 135. The Hall–Kier alpha value is -0.120. The lowest BCUT2D eigenvalue weighted by Crippen LogP contribution is -2.41. The van der Waals surface area contributed by atoms with Gasteiger partial charge in [0.1, 0.15) is 0 Å². The maximum Gasteiger partial charge on any atom is 0.0519 e. The van der Waals surface area contributed by atoms with Gasteiger partial charge in [-0.25, -0.2) is 0 Å². The van der Waals surface area contributed by atoms with Gasteiger partial charge in [-0.05, 0) is 19.5 Å². The van der Waals surface area contributed by atoms with Gasteiger partial charge in [0.05, 0.1) is 13.2 Å². The molecule has 0 bridgehead atoms. The number of hydrogen-bond donors (Lipinski definition) is 2. The summed E-state index contributed by atoms with van der Waals surface area (Å²) in [4.78, 5) is 2.29. The van der Waals surface area contributed by atoms with Crippen molar-refractivity contribution in [2.75, 3.05) is 32.8 Å².